The Morgan fingerprint density at radius 1 is 1.22 bits per heavy atom. The Balaban J connectivity index is 2.52. The van der Waals surface area contributed by atoms with E-state index < -0.39 is 5.97 Å². The highest BCUT2D eigenvalue weighted by atomic mass is 16.5. The van der Waals surface area contributed by atoms with Crippen LogP contribution in [0.15, 0.2) is 30.6 Å². The van der Waals surface area contributed by atoms with Crippen molar-refractivity contribution in [2.24, 2.45) is 7.05 Å². The third kappa shape index (κ3) is 3.91. The predicted molar refractivity (Wildman–Crippen MR) is 87.3 cm³/mol. The normalized spacial score (nSPS) is 11.2. The largest absolute Gasteiger partial charge is 0.497 e. The number of nitrogens with zero attached hydrogens (tertiary/aromatic N) is 2. The Morgan fingerprint density at radius 3 is 2.35 bits per heavy atom. The van der Waals surface area contributed by atoms with Gasteiger partial charge in [-0.2, -0.15) is 0 Å². The van der Waals surface area contributed by atoms with E-state index in [1.807, 2.05) is 19.2 Å². The molecule has 0 aliphatic rings. The summed E-state index contributed by atoms with van der Waals surface area (Å²) in [6.45, 7) is 2.06. The van der Waals surface area contributed by atoms with Gasteiger partial charge >= 0.3 is 5.97 Å². The van der Waals surface area contributed by atoms with Crippen LogP contribution in [0.5, 0.6) is 11.5 Å². The van der Waals surface area contributed by atoms with Crippen molar-refractivity contribution < 1.29 is 19.0 Å². The molecule has 0 aliphatic heterocycles. The third-order valence-electron chi connectivity index (χ3n) is 3.24. The summed E-state index contributed by atoms with van der Waals surface area (Å²) in [6, 6.07) is 5.39. The fraction of sp³-hybridized carbons (Fsp3) is 0.294. The van der Waals surface area contributed by atoms with E-state index in [0.717, 1.165) is 5.56 Å². The molecule has 0 unspecified atom stereocenters. The molecule has 0 fully saturated rings. The van der Waals surface area contributed by atoms with Crippen LogP contribution < -0.4 is 9.47 Å². The Morgan fingerprint density at radius 2 is 1.87 bits per heavy atom. The molecule has 23 heavy (non-hydrogen) atoms. The van der Waals surface area contributed by atoms with Crippen molar-refractivity contribution in [2.45, 2.75) is 6.92 Å². The van der Waals surface area contributed by atoms with E-state index in [0.29, 0.717) is 29.5 Å². The first-order chi connectivity index (χ1) is 11.1. The number of benzene rings is 1. The summed E-state index contributed by atoms with van der Waals surface area (Å²) in [6.07, 6.45) is 5.12. The van der Waals surface area contributed by atoms with Crippen LogP contribution in [-0.2, 0) is 16.6 Å². The summed E-state index contributed by atoms with van der Waals surface area (Å²) < 4.78 is 17.4. The van der Waals surface area contributed by atoms with Crippen molar-refractivity contribution in [2.75, 3.05) is 20.8 Å². The first-order valence-corrected chi connectivity index (χ1v) is 7.18. The Bertz CT molecular complexity index is 697. The lowest BCUT2D eigenvalue weighted by atomic mass is 10.1. The van der Waals surface area contributed by atoms with E-state index in [1.54, 1.807) is 50.2 Å². The average molecular weight is 316 g/mol. The number of rotatable bonds is 6. The maximum Gasteiger partial charge on any atom is 0.341 e. The first-order valence-electron chi connectivity index (χ1n) is 7.18. The Labute approximate surface area is 135 Å². The van der Waals surface area contributed by atoms with Crippen LogP contribution in [0.4, 0.5) is 0 Å². The first kappa shape index (κ1) is 16.6. The lowest BCUT2D eigenvalue weighted by Crippen LogP contribution is -2.10. The highest BCUT2D eigenvalue weighted by Gasteiger charge is 2.17. The number of imidazole rings is 1. The summed E-state index contributed by atoms with van der Waals surface area (Å²) in [4.78, 5) is 16.5. The van der Waals surface area contributed by atoms with Gasteiger partial charge in [0.15, 0.2) is 0 Å². The molecule has 6 heteroatoms. The van der Waals surface area contributed by atoms with Gasteiger partial charge in [0.05, 0.1) is 20.8 Å². The second-order valence-electron chi connectivity index (χ2n) is 4.79. The van der Waals surface area contributed by atoms with Crippen LogP contribution in [-0.4, -0.2) is 36.3 Å². The Kier molecular flexibility index (Phi) is 5.41. The molecule has 0 bridgehead atoms. The van der Waals surface area contributed by atoms with E-state index >= 15 is 0 Å². The number of aryl methyl sites for hydroxylation is 1. The van der Waals surface area contributed by atoms with Gasteiger partial charge in [0.2, 0.25) is 0 Å². The lowest BCUT2D eigenvalue weighted by Gasteiger charge is -2.09. The van der Waals surface area contributed by atoms with E-state index in [4.69, 9.17) is 14.2 Å². The quantitative estimate of drug-likeness (QED) is 0.605. The molecule has 0 N–H and O–H groups in total. The maximum atomic E-state index is 12.3. The average Bonchev–Trinajstić information content (AvgIpc) is 2.98. The van der Waals surface area contributed by atoms with Gasteiger partial charge in [0.1, 0.15) is 22.9 Å². The minimum Gasteiger partial charge on any atom is -0.497 e. The number of carbonyl (C=O) groups is 1. The van der Waals surface area contributed by atoms with Crippen LogP contribution in [0, 0.1) is 0 Å². The van der Waals surface area contributed by atoms with E-state index in [-0.39, 0.29) is 0 Å². The monoisotopic (exact) mass is 316 g/mol. The fourth-order valence-corrected chi connectivity index (χ4v) is 2.13. The van der Waals surface area contributed by atoms with Crippen molar-refractivity contribution in [3.05, 3.63) is 42.0 Å². The van der Waals surface area contributed by atoms with Gasteiger partial charge in [-0.3, -0.25) is 0 Å². The smallest absolute Gasteiger partial charge is 0.341 e. The van der Waals surface area contributed by atoms with Crippen LogP contribution in [0.2, 0.25) is 0 Å². The summed E-state index contributed by atoms with van der Waals surface area (Å²) in [7, 11) is 4.97. The van der Waals surface area contributed by atoms with Crippen LogP contribution in [0.3, 0.4) is 0 Å². The third-order valence-corrected chi connectivity index (χ3v) is 3.24. The molecule has 0 saturated heterocycles. The van der Waals surface area contributed by atoms with Gasteiger partial charge in [0, 0.05) is 25.5 Å². The van der Waals surface area contributed by atoms with Crippen LogP contribution in [0.25, 0.3) is 11.6 Å². The number of methoxy groups -OCH3 is 2. The van der Waals surface area contributed by atoms with Gasteiger partial charge in [-0.15, -0.1) is 0 Å². The van der Waals surface area contributed by atoms with Crippen molar-refractivity contribution in [1.29, 1.82) is 0 Å². The number of carbonyl (C=O) groups excluding carboxylic acids is 1. The number of hydrogen-bond donors (Lipinski definition) is 0. The van der Waals surface area contributed by atoms with Gasteiger partial charge in [-0.1, -0.05) is 0 Å². The lowest BCUT2D eigenvalue weighted by molar-refractivity contribution is -0.136. The zero-order valence-electron chi connectivity index (χ0n) is 13.7. The number of aromatic nitrogens is 2. The van der Waals surface area contributed by atoms with E-state index in [1.165, 1.54) is 0 Å². The van der Waals surface area contributed by atoms with E-state index in [2.05, 4.69) is 4.98 Å². The van der Waals surface area contributed by atoms with Crippen molar-refractivity contribution in [1.82, 2.24) is 9.55 Å². The molecule has 1 heterocycles. The van der Waals surface area contributed by atoms with Crippen LogP contribution >= 0.6 is 0 Å². The fourth-order valence-electron chi connectivity index (χ4n) is 2.13. The molecular formula is C17H20N2O4. The highest BCUT2D eigenvalue weighted by Crippen LogP contribution is 2.26. The minimum absolute atomic E-state index is 0.294. The van der Waals surface area contributed by atoms with Gasteiger partial charge in [-0.25, -0.2) is 9.78 Å². The minimum atomic E-state index is -0.427. The second kappa shape index (κ2) is 7.49. The van der Waals surface area contributed by atoms with E-state index in [9.17, 15) is 4.79 Å². The molecule has 2 aromatic rings. The van der Waals surface area contributed by atoms with Gasteiger partial charge in [0.25, 0.3) is 0 Å². The highest BCUT2D eigenvalue weighted by molar-refractivity contribution is 6.20. The summed E-state index contributed by atoms with van der Waals surface area (Å²) in [5.74, 6) is 1.38. The molecule has 0 saturated carbocycles. The molecule has 1 aromatic heterocycles. The van der Waals surface area contributed by atoms with Crippen molar-refractivity contribution in [3.63, 3.8) is 0 Å². The molecule has 1 aromatic carbocycles. The van der Waals surface area contributed by atoms with Crippen molar-refractivity contribution >= 4 is 17.6 Å². The zero-order chi connectivity index (χ0) is 16.8. The van der Waals surface area contributed by atoms with Gasteiger partial charge in [-0.05, 0) is 30.7 Å². The SMILES string of the molecule is CCOC(=O)C(=Cc1cc(OC)cc(OC)c1)c1nccn1C. The molecule has 6 nitrogen and oxygen atoms in total. The molecular weight excluding hydrogens is 296 g/mol. The Hall–Kier alpha value is -2.76. The predicted octanol–water partition coefficient (Wildman–Crippen LogP) is 2.54. The standard InChI is InChI=1S/C17H20N2O4/c1-5-23-17(20)15(16-18-6-7-19(16)2)10-12-8-13(21-3)11-14(9-12)22-4/h6-11H,5H2,1-4H3. The second-order valence-corrected chi connectivity index (χ2v) is 4.79. The molecule has 122 valence electrons. The zero-order valence-corrected chi connectivity index (χ0v) is 13.7. The van der Waals surface area contributed by atoms with Crippen molar-refractivity contribution in [3.8, 4) is 11.5 Å². The molecule has 0 atom stereocenters. The summed E-state index contributed by atoms with van der Waals surface area (Å²) in [5, 5.41) is 0. The molecule has 0 radical (unpaired) electrons. The molecule has 0 aliphatic carbocycles. The molecule has 0 amide bonds. The summed E-state index contributed by atoms with van der Waals surface area (Å²) >= 11 is 0. The topological polar surface area (TPSA) is 62.6 Å². The van der Waals surface area contributed by atoms with Gasteiger partial charge < -0.3 is 18.8 Å². The summed E-state index contributed by atoms with van der Waals surface area (Å²) in [5.41, 5.74) is 1.13. The molecule has 2 rings (SSSR count). The van der Waals surface area contributed by atoms with Crippen LogP contribution in [0.1, 0.15) is 18.3 Å². The molecule has 0 spiro atoms. The maximum absolute atomic E-state index is 12.3. The number of ether oxygens (including phenoxy) is 3. The number of hydrogen-bond acceptors (Lipinski definition) is 5. The number of esters is 1.